The highest BCUT2D eigenvalue weighted by atomic mass is 16.5. The first kappa shape index (κ1) is 20.8. The van der Waals surface area contributed by atoms with Crippen LogP contribution in [0.25, 0.3) is 11.2 Å². The molecule has 0 radical (unpaired) electrons. The number of aromatic amines is 1. The van der Waals surface area contributed by atoms with Crippen molar-refractivity contribution in [3.8, 4) is 0 Å². The Balaban J connectivity index is 1.92. The van der Waals surface area contributed by atoms with E-state index in [4.69, 9.17) is 15.2 Å². The van der Waals surface area contributed by atoms with E-state index in [1.165, 1.54) is 7.11 Å². The van der Waals surface area contributed by atoms with E-state index in [-0.39, 0.29) is 42.2 Å². The van der Waals surface area contributed by atoms with E-state index in [9.17, 15) is 24.6 Å². The summed E-state index contributed by atoms with van der Waals surface area (Å²) in [6.45, 7) is -0.488. The zero-order valence-corrected chi connectivity index (χ0v) is 16.5. The van der Waals surface area contributed by atoms with Gasteiger partial charge in [-0.15, -0.1) is 0 Å². The van der Waals surface area contributed by atoms with Crippen molar-refractivity contribution in [2.75, 3.05) is 19.5 Å². The number of hydrogen-bond acceptors (Lipinski definition) is 9. The van der Waals surface area contributed by atoms with Crippen molar-refractivity contribution in [3.63, 3.8) is 0 Å². The highest BCUT2D eigenvalue weighted by Crippen LogP contribution is 2.29. The largest absolute Gasteiger partial charge is 0.465 e. The van der Waals surface area contributed by atoms with Gasteiger partial charge in [0.05, 0.1) is 31.9 Å². The number of benzene rings is 1. The molecule has 1 fully saturated rings. The van der Waals surface area contributed by atoms with Gasteiger partial charge in [-0.25, -0.2) is 14.2 Å². The van der Waals surface area contributed by atoms with Gasteiger partial charge in [0.1, 0.15) is 6.10 Å². The van der Waals surface area contributed by atoms with Gasteiger partial charge >= 0.3 is 11.7 Å². The predicted molar refractivity (Wildman–Crippen MR) is 108 cm³/mol. The Morgan fingerprint density at radius 2 is 2.13 bits per heavy atom. The molecule has 1 aromatic carbocycles. The summed E-state index contributed by atoms with van der Waals surface area (Å²) in [7, 11) is 1.24. The Kier molecular flexibility index (Phi) is 5.35. The van der Waals surface area contributed by atoms with Gasteiger partial charge < -0.3 is 25.4 Å². The zero-order chi connectivity index (χ0) is 22.3. The Morgan fingerprint density at radius 1 is 1.39 bits per heavy atom. The molecule has 12 heteroatoms. The smallest absolute Gasteiger partial charge is 0.338 e. The normalized spacial score (nSPS) is 20.9. The fourth-order valence-electron chi connectivity index (χ4n) is 3.79. The second-order valence-corrected chi connectivity index (χ2v) is 7.15. The lowest BCUT2D eigenvalue weighted by atomic mass is 10.1. The van der Waals surface area contributed by atoms with Crippen LogP contribution in [0.15, 0.2) is 33.9 Å². The second kappa shape index (κ2) is 7.98. The van der Waals surface area contributed by atoms with Gasteiger partial charge in [-0.05, 0) is 11.6 Å². The number of nitrogens with two attached hydrogens (primary N) is 1. The maximum atomic E-state index is 13.4. The molecule has 0 unspecified atom stereocenters. The van der Waals surface area contributed by atoms with Gasteiger partial charge in [-0.3, -0.25) is 14.3 Å². The second-order valence-electron chi connectivity index (χ2n) is 7.15. The van der Waals surface area contributed by atoms with Crippen LogP contribution in [-0.4, -0.2) is 61.2 Å². The van der Waals surface area contributed by atoms with Gasteiger partial charge in [0.2, 0.25) is 5.95 Å². The number of aliphatic hydroxyl groups excluding tert-OH is 2. The van der Waals surface area contributed by atoms with Gasteiger partial charge in [0, 0.05) is 6.42 Å². The van der Waals surface area contributed by atoms with Crippen molar-refractivity contribution >= 4 is 23.1 Å². The van der Waals surface area contributed by atoms with Crippen molar-refractivity contribution in [2.24, 2.45) is 0 Å². The van der Waals surface area contributed by atoms with Crippen LogP contribution < -0.4 is 17.0 Å². The number of ether oxygens (including phenoxy) is 2. The van der Waals surface area contributed by atoms with E-state index in [1.807, 2.05) is 0 Å². The maximum absolute atomic E-state index is 13.4. The number of carbonyl (C=O) groups excluding carboxylic acids is 1. The number of hydrogen-bond donors (Lipinski definition) is 4. The topological polar surface area (TPSA) is 175 Å². The highest BCUT2D eigenvalue weighted by Gasteiger charge is 2.38. The van der Waals surface area contributed by atoms with E-state index in [0.717, 1.165) is 9.13 Å². The number of methoxy groups -OCH3 is 1. The third-order valence-corrected chi connectivity index (χ3v) is 5.20. The van der Waals surface area contributed by atoms with Crippen LogP contribution in [0.1, 0.15) is 28.6 Å². The molecule has 2 aromatic heterocycles. The standard InChI is InChI=1S/C19H21N5O7/c1-30-17(28)11-5-3-2-4-9(11)7-23-13-14(21-18(20)22-15(13)27)24(19(23)29)16-12(26)6-10(8-25)31-16/h2-5,10,12,16,25-26H,6-8H2,1H3,(H3,20,21,22,27)/t10-,12+,16+/m0/s1. The summed E-state index contributed by atoms with van der Waals surface area (Å²) >= 11 is 0. The molecule has 31 heavy (non-hydrogen) atoms. The molecule has 0 spiro atoms. The monoisotopic (exact) mass is 431 g/mol. The van der Waals surface area contributed by atoms with Crippen molar-refractivity contribution in [1.29, 1.82) is 0 Å². The molecule has 3 heterocycles. The number of fused-ring (bicyclic) bond motifs is 1. The van der Waals surface area contributed by atoms with E-state index in [2.05, 4.69) is 9.97 Å². The zero-order valence-electron chi connectivity index (χ0n) is 16.5. The molecule has 164 valence electrons. The molecule has 0 aliphatic carbocycles. The van der Waals surface area contributed by atoms with Crippen LogP contribution in [0.3, 0.4) is 0 Å². The predicted octanol–water partition coefficient (Wildman–Crippen LogP) is -1.06. The van der Waals surface area contributed by atoms with Crippen molar-refractivity contribution in [2.45, 2.75) is 31.4 Å². The molecule has 3 atom stereocenters. The van der Waals surface area contributed by atoms with Crippen LogP contribution in [-0.2, 0) is 16.0 Å². The molecular weight excluding hydrogens is 410 g/mol. The molecule has 12 nitrogen and oxygen atoms in total. The third kappa shape index (κ3) is 3.50. The van der Waals surface area contributed by atoms with E-state index < -0.39 is 35.7 Å². The number of H-pyrrole nitrogens is 1. The number of nitrogens with one attached hydrogen (secondary N) is 1. The minimum atomic E-state index is -1.17. The first-order valence-electron chi connectivity index (χ1n) is 9.46. The summed E-state index contributed by atoms with van der Waals surface area (Å²) in [5.41, 5.74) is 4.81. The van der Waals surface area contributed by atoms with Gasteiger partial charge in [0.15, 0.2) is 17.4 Å². The quantitative estimate of drug-likeness (QED) is 0.367. The Bertz CT molecular complexity index is 1260. The van der Waals surface area contributed by atoms with Crippen LogP contribution in [0, 0.1) is 0 Å². The SMILES string of the molecule is COC(=O)c1ccccc1Cn1c(=O)n([C@@H]2O[C@H](CO)C[C@H]2O)c2nc(N)[nH]c(=O)c21. The lowest BCUT2D eigenvalue weighted by molar-refractivity contribution is -0.0505. The number of nitrogen functional groups attached to an aromatic ring is 1. The highest BCUT2D eigenvalue weighted by molar-refractivity contribution is 5.91. The van der Waals surface area contributed by atoms with Crippen LogP contribution >= 0.6 is 0 Å². The Labute approximate surface area is 174 Å². The van der Waals surface area contributed by atoms with E-state index in [0.29, 0.717) is 5.56 Å². The number of anilines is 1. The minimum absolute atomic E-state index is 0.0792. The van der Waals surface area contributed by atoms with Crippen LogP contribution in [0.4, 0.5) is 5.95 Å². The third-order valence-electron chi connectivity index (χ3n) is 5.20. The lowest BCUT2D eigenvalue weighted by Crippen LogP contribution is -2.32. The number of aliphatic hydroxyl groups is 2. The summed E-state index contributed by atoms with van der Waals surface area (Å²) < 4.78 is 12.6. The Hall–Kier alpha value is -3.48. The molecule has 0 saturated carbocycles. The molecule has 3 aromatic rings. The van der Waals surface area contributed by atoms with Gasteiger partial charge in [-0.1, -0.05) is 18.2 Å². The van der Waals surface area contributed by atoms with Crippen LogP contribution in [0.5, 0.6) is 0 Å². The van der Waals surface area contributed by atoms with Gasteiger partial charge in [-0.2, -0.15) is 4.98 Å². The summed E-state index contributed by atoms with van der Waals surface area (Å²) in [6.07, 6.45) is -2.86. The summed E-state index contributed by atoms with van der Waals surface area (Å²) in [6, 6.07) is 6.50. The van der Waals surface area contributed by atoms with Crippen molar-refractivity contribution in [3.05, 3.63) is 56.2 Å². The molecule has 0 bridgehead atoms. The first-order valence-corrected chi connectivity index (χ1v) is 9.46. The number of esters is 1. The number of carbonyl (C=O) groups is 1. The summed E-state index contributed by atoms with van der Waals surface area (Å²) in [5.74, 6) is -0.812. The maximum Gasteiger partial charge on any atom is 0.338 e. The lowest BCUT2D eigenvalue weighted by Gasteiger charge is -2.15. The molecule has 1 aliphatic heterocycles. The first-order chi connectivity index (χ1) is 14.8. The fraction of sp³-hybridized carbons (Fsp3) is 0.368. The molecule has 1 aliphatic rings. The fourth-order valence-corrected chi connectivity index (χ4v) is 3.79. The average Bonchev–Trinajstić information content (AvgIpc) is 3.24. The van der Waals surface area contributed by atoms with E-state index >= 15 is 0 Å². The Morgan fingerprint density at radius 3 is 2.81 bits per heavy atom. The average molecular weight is 431 g/mol. The minimum Gasteiger partial charge on any atom is -0.465 e. The molecule has 5 N–H and O–H groups in total. The van der Waals surface area contributed by atoms with Crippen LogP contribution in [0.2, 0.25) is 0 Å². The number of nitrogens with zero attached hydrogens (tertiary/aromatic N) is 3. The molecule has 1 saturated heterocycles. The number of rotatable bonds is 5. The summed E-state index contributed by atoms with van der Waals surface area (Å²) in [4.78, 5) is 44.6. The number of aromatic nitrogens is 4. The van der Waals surface area contributed by atoms with Crippen molar-refractivity contribution in [1.82, 2.24) is 19.1 Å². The molecular formula is C19H21N5O7. The van der Waals surface area contributed by atoms with Gasteiger partial charge in [0.25, 0.3) is 5.56 Å². The van der Waals surface area contributed by atoms with Crippen molar-refractivity contribution < 1.29 is 24.5 Å². The summed E-state index contributed by atoms with van der Waals surface area (Å²) in [5, 5.41) is 19.8. The number of imidazole rings is 1. The molecule has 4 rings (SSSR count). The van der Waals surface area contributed by atoms with E-state index in [1.54, 1.807) is 24.3 Å². The molecule has 0 amide bonds.